The van der Waals surface area contributed by atoms with Gasteiger partial charge in [-0.3, -0.25) is 4.68 Å². The van der Waals surface area contributed by atoms with Crippen molar-refractivity contribution in [3.8, 4) is 0 Å². The van der Waals surface area contributed by atoms with Crippen LogP contribution in [-0.2, 0) is 17.1 Å². The minimum absolute atomic E-state index is 0.0387. The third kappa shape index (κ3) is 2.54. The summed E-state index contributed by atoms with van der Waals surface area (Å²) in [5, 5.41) is 13.4. The summed E-state index contributed by atoms with van der Waals surface area (Å²) in [6.07, 6.45) is 1.68. The minimum atomic E-state index is -3.51. The van der Waals surface area contributed by atoms with E-state index in [0.29, 0.717) is 29.4 Å². The molecule has 19 heavy (non-hydrogen) atoms. The smallest absolute Gasteiger partial charge is 0.246 e. The zero-order chi connectivity index (χ0) is 14.2. The maximum absolute atomic E-state index is 12.7. The van der Waals surface area contributed by atoms with Crippen LogP contribution in [0.3, 0.4) is 0 Å². The van der Waals surface area contributed by atoms with Gasteiger partial charge in [-0.1, -0.05) is 0 Å². The molecule has 1 aromatic rings. The second-order valence-electron chi connectivity index (χ2n) is 5.18. The summed E-state index contributed by atoms with van der Waals surface area (Å²) in [6, 6.07) is 0. The van der Waals surface area contributed by atoms with Gasteiger partial charge in [-0.2, -0.15) is 9.40 Å². The van der Waals surface area contributed by atoms with Crippen LogP contribution in [0.1, 0.15) is 24.2 Å². The van der Waals surface area contributed by atoms with Crippen molar-refractivity contribution in [3.63, 3.8) is 0 Å². The van der Waals surface area contributed by atoms with Crippen molar-refractivity contribution in [1.29, 1.82) is 0 Å². The summed E-state index contributed by atoms with van der Waals surface area (Å²) in [6.45, 7) is 4.43. The van der Waals surface area contributed by atoms with Crippen molar-refractivity contribution in [2.75, 3.05) is 19.7 Å². The highest BCUT2D eigenvalue weighted by Gasteiger charge is 2.33. The third-order valence-corrected chi connectivity index (χ3v) is 5.90. The molecule has 7 heteroatoms. The summed E-state index contributed by atoms with van der Waals surface area (Å²) in [4.78, 5) is 0.314. The van der Waals surface area contributed by atoms with Gasteiger partial charge in [-0.25, -0.2) is 8.42 Å². The zero-order valence-electron chi connectivity index (χ0n) is 11.6. The summed E-state index contributed by atoms with van der Waals surface area (Å²) in [5.74, 6) is 0.0424. The van der Waals surface area contributed by atoms with E-state index in [9.17, 15) is 13.5 Å². The quantitative estimate of drug-likeness (QED) is 0.875. The van der Waals surface area contributed by atoms with Gasteiger partial charge in [0.15, 0.2) is 0 Å². The second-order valence-corrected chi connectivity index (χ2v) is 7.05. The Kier molecular flexibility index (Phi) is 3.98. The lowest BCUT2D eigenvalue weighted by atomic mass is 10.0. The van der Waals surface area contributed by atoms with Crippen LogP contribution < -0.4 is 0 Å². The Morgan fingerprint density at radius 3 is 2.63 bits per heavy atom. The van der Waals surface area contributed by atoms with Gasteiger partial charge in [0.25, 0.3) is 0 Å². The Hall–Kier alpha value is -0.920. The molecule has 1 atom stereocenters. The molecule has 0 saturated carbocycles. The van der Waals surface area contributed by atoms with Crippen LogP contribution in [0.25, 0.3) is 0 Å². The molecule has 2 heterocycles. The predicted octanol–water partition coefficient (Wildman–Crippen LogP) is 0.430. The Balaban J connectivity index is 2.37. The van der Waals surface area contributed by atoms with Gasteiger partial charge in [-0.15, -0.1) is 0 Å². The number of aromatic nitrogens is 2. The van der Waals surface area contributed by atoms with E-state index in [2.05, 4.69) is 5.10 Å². The molecule has 1 saturated heterocycles. The van der Waals surface area contributed by atoms with E-state index in [0.717, 1.165) is 12.8 Å². The van der Waals surface area contributed by atoms with Crippen LogP contribution in [0, 0.1) is 19.8 Å². The number of aliphatic hydroxyl groups excluding tert-OH is 1. The van der Waals surface area contributed by atoms with Crippen LogP contribution in [0.15, 0.2) is 4.90 Å². The number of aliphatic hydroxyl groups is 1. The number of hydrogen-bond acceptors (Lipinski definition) is 4. The highest BCUT2D eigenvalue weighted by Crippen LogP contribution is 2.27. The SMILES string of the molecule is Cc1nn(C)c(C)c1S(=O)(=O)N1CCCC(CO)C1. The standard InChI is InChI=1S/C12H21N3O3S/c1-9-12(10(2)14(3)13-9)19(17,18)15-6-4-5-11(7-15)8-16/h11,16H,4-8H2,1-3H3. The van der Waals surface area contributed by atoms with Gasteiger partial charge >= 0.3 is 0 Å². The molecule has 0 bridgehead atoms. The summed E-state index contributed by atoms with van der Waals surface area (Å²) in [7, 11) is -1.76. The normalized spacial score (nSPS) is 21.8. The molecule has 1 unspecified atom stereocenters. The number of aryl methyl sites for hydroxylation is 2. The molecular formula is C12H21N3O3S. The molecule has 0 aliphatic carbocycles. The third-order valence-electron chi connectivity index (χ3n) is 3.78. The van der Waals surface area contributed by atoms with Crippen molar-refractivity contribution in [1.82, 2.24) is 14.1 Å². The first-order chi connectivity index (χ1) is 8.87. The van der Waals surface area contributed by atoms with Gasteiger partial charge in [0.2, 0.25) is 10.0 Å². The monoisotopic (exact) mass is 287 g/mol. The number of hydrogen-bond donors (Lipinski definition) is 1. The highest BCUT2D eigenvalue weighted by atomic mass is 32.2. The first-order valence-electron chi connectivity index (χ1n) is 6.49. The van der Waals surface area contributed by atoms with Gasteiger partial charge in [-0.05, 0) is 32.6 Å². The fourth-order valence-corrected chi connectivity index (χ4v) is 4.61. The lowest BCUT2D eigenvalue weighted by Crippen LogP contribution is -2.41. The fraction of sp³-hybridized carbons (Fsp3) is 0.750. The lowest BCUT2D eigenvalue weighted by Gasteiger charge is -2.31. The molecule has 1 N–H and O–H groups in total. The molecule has 0 spiro atoms. The van der Waals surface area contributed by atoms with Crippen molar-refractivity contribution < 1.29 is 13.5 Å². The van der Waals surface area contributed by atoms with Crippen LogP contribution in [0.2, 0.25) is 0 Å². The molecule has 2 rings (SSSR count). The molecule has 0 amide bonds. The number of nitrogens with zero attached hydrogens (tertiary/aromatic N) is 3. The summed E-state index contributed by atoms with van der Waals surface area (Å²) >= 11 is 0. The molecule has 108 valence electrons. The minimum Gasteiger partial charge on any atom is -0.396 e. The largest absolute Gasteiger partial charge is 0.396 e. The molecule has 0 radical (unpaired) electrons. The maximum Gasteiger partial charge on any atom is 0.246 e. The van der Waals surface area contributed by atoms with E-state index < -0.39 is 10.0 Å². The molecule has 1 aliphatic heterocycles. The van der Waals surface area contributed by atoms with Crippen molar-refractivity contribution in [3.05, 3.63) is 11.4 Å². The second kappa shape index (κ2) is 5.22. The summed E-state index contributed by atoms with van der Waals surface area (Å²) < 4.78 is 28.5. The molecule has 1 fully saturated rings. The maximum atomic E-state index is 12.7. The van der Waals surface area contributed by atoms with E-state index >= 15 is 0 Å². The van der Waals surface area contributed by atoms with Crippen LogP contribution in [0.5, 0.6) is 0 Å². The molecule has 1 aliphatic rings. The Labute approximate surface area is 114 Å². The van der Waals surface area contributed by atoms with Crippen molar-refractivity contribution >= 4 is 10.0 Å². The Bertz CT molecular complexity index is 565. The van der Waals surface area contributed by atoms with Crippen LogP contribution >= 0.6 is 0 Å². The van der Waals surface area contributed by atoms with Crippen molar-refractivity contribution in [2.45, 2.75) is 31.6 Å². The molecular weight excluding hydrogens is 266 g/mol. The van der Waals surface area contributed by atoms with Crippen LogP contribution in [0.4, 0.5) is 0 Å². The van der Waals surface area contributed by atoms with Crippen molar-refractivity contribution in [2.24, 2.45) is 13.0 Å². The number of rotatable bonds is 3. The number of sulfonamides is 1. The lowest BCUT2D eigenvalue weighted by molar-refractivity contribution is 0.165. The fourth-order valence-electron chi connectivity index (χ4n) is 2.65. The van der Waals surface area contributed by atoms with E-state index in [1.54, 1.807) is 25.6 Å². The van der Waals surface area contributed by atoms with Crippen LogP contribution in [-0.4, -0.2) is 47.3 Å². The summed E-state index contributed by atoms with van der Waals surface area (Å²) in [5.41, 5.74) is 1.19. The zero-order valence-corrected chi connectivity index (χ0v) is 12.4. The van der Waals surface area contributed by atoms with E-state index in [1.165, 1.54) is 4.31 Å². The molecule has 1 aromatic heterocycles. The van der Waals surface area contributed by atoms with Gasteiger partial charge < -0.3 is 5.11 Å². The average Bonchev–Trinajstić information content (AvgIpc) is 2.63. The van der Waals surface area contributed by atoms with E-state index in [-0.39, 0.29) is 12.5 Å². The Morgan fingerprint density at radius 2 is 2.11 bits per heavy atom. The Morgan fingerprint density at radius 1 is 1.42 bits per heavy atom. The topological polar surface area (TPSA) is 75.4 Å². The molecule has 6 nitrogen and oxygen atoms in total. The first kappa shape index (κ1) is 14.5. The van der Waals surface area contributed by atoms with Gasteiger partial charge in [0, 0.05) is 26.7 Å². The van der Waals surface area contributed by atoms with E-state index in [1.807, 2.05) is 0 Å². The number of piperidine rings is 1. The predicted molar refractivity (Wildman–Crippen MR) is 71.3 cm³/mol. The first-order valence-corrected chi connectivity index (χ1v) is 7.93. The van der Waals surface area contributed by atoms with Gasteiger partial charge in [0.1, 0.15) is 4.90 Å². The molecule has 0 aromatic carbocycles. The van der Waals surface area contributed by atoms with Gasteiger partial charge in [0.05, 0.1) is 11.4 Å². The highest BCUT2D eigenvalue weighted by molar-refractivity contribution is 7.89. The average molecular weight is 287 g/mol. The van der Waals surface area contributed by atoms with E-state index in [4.69, 9.17) is 0 Å².